The molecule has 36 heavy (non-hydrogen) atoms. The Morgan fingerprint density at radius 1 is 1.11 bits per heavy atom. The van der Waals surface area contributed by atoms with Gasteiger partial charge in [-0.3, -0.25) is 9.69 Å². The lowest BCUT2D eigenvalue weighted by atomic mass is 10.2. The van der Waals surface area contributed by atoms with E-state index in [9.17, 15) is 13.2 Å². The molecule has 0 aliphatic carbocycles. The van der Waals surface area contributed by atoms with Crippen LogP contribution in [0.3, 0.4) is 0 Å². The lowest BCUT2D eigenvalue weighted by molar-refractivity contribution is 0.0978. The van der Waals surface area contributed by atoms with E-state index < -0.39 is 10.0 Å². The first-order chi connectivity index (χ1) is 17.2. The molecular weight excluding hydrogens is 496 g/mol. The molecule has 194 valence electrons. The Morgan fingerprint density at radius 3 is 2.50 bits per heavy atom. The topological polar surface area (TPSA) is 83.1 Å². The Kier molecular flexibility index (Phi) is 8.41. The first-order valence-electron chi connectivity index (χ1n) is 12.2. The van der Waals surface area contributed by atoms with Gasteiger partial charge in [0.05, 0.1) is 21.2 Å². The molecule has 1 fully saturated rings. The van der Waals surface area contributed by atoms with Gasteiger partial charge in [0.1, 0.15) is 0 Å². The number of benzene rings is 2. The molecule has 2 aromatic carbocycles. The molecule has 0 spiro atoms. The minimum Gasteiger partial charge on any atom is -0.377 e. The molecule has 1 atom stereocenters. The quantitative estimate of drug-likeness (QED) is 0.394. The highest BCUT2D eigenvalue weighted by Crippen LogP contribution is 2.31. The van der Waals surface area contributed by atoms with E-state index in [1.54, 1.807) is 24.1 Å². The van der Waals surface area contributed by atoms with Crippen LogP contribution < -0.4 is 4.90 Å². The van der Waals surface area contributed by atoms with Gasteiger partial charge in [0.15, 0.2) is 5.13 Å². The number of aryl methyl sites for hydroxylation is 1. The van der Waals surface area contributed by atoms with Gasteiger partial charge in [-0.2, -0.15) is 4.31 Å². The maximum absolute atomic E-state index is 13.6. The molecule has 1 aliphatic heterocycles. The Hall–Kier alpha value is -2.37. The number of likely N-dealkylation sites (N-methyl/N-ethyl adjacent to an activating group) is 1. The minimum absolute atomic E-state index is 0.0706. The number of anilines is 1. The zero-order valence-corrected chi connectivity index (χ0v) is 22.9. The summed E-state index contributed by atoms with van der Waals surface area (Å²) < 4.78 is 34.1. The second kappa shape index (κ2) is 11.4. The van der Waals surface area contributed by atoms with Crippen molar-refractivity contribution in [2.75, 3.05) is 52.3 Å². The normalized spacial score (nSPS) is 16.3. The van der Waals surface area contributed by atoms with Crippen molar-refractivity contribution < 1.29 is 17.9 Å². The van der Waals surface area contributed by atoms with Gasteiger partial charge in [0.2, 0.25) is 10.0 Å². The van der Waals surface area contributed by atoms with Gasteiger partial charge in [0.25, 0.3) is 5.91 Å². The van der Waals surface area contributed by atoms with Gasteiger partial charge >= 0.3 is 0 Å². The maximum Gasteiger partial charge on any atom is 0.260 e. The van der Waals surface area contributed by atoms with Gasteiger partial charge in [-0.1, -0.05) is 23.5 Å². The van der Waals surface area contributed by atoms with Crippen LogP contribution in [0.15, 0.2) is 47.4 Å². The summed E-state index contributed by atoms with van der Waals surface area (Å²) in [5, 5.41) is 0.649. The fourth-order valence-corrected chi connectivity index (χ4v) is 6.57. The van der Waals surface area contributed by atoms with Crippen molar-refractivity contribution in [2.24, 2.45) is 0 Å². The van der Waals surface area contributed by atoms with Crippen molar-refractivity contribution in [2.45, 2.75) is 37.2 Å². The Bertz CT molecular complexity index is 1300. The summed E-state index contributed by atoms with van der Waals surface area (Å²) in [6.07, 6.45) is 2.53. The number of carbonyl (C=O) groups excluding carboxylic acids is 1. The largest absolute Gasteiger partial charge is 0.377 e. The van der Waals surface area contributed by atoms with Crippen molar-refractivity contribution in [1.82, 2.24) is 14.2 Å². The number of aromatic nitrogens is 1. The first kappa shape index (κ1) is 26.7. The summed E-state index contributed by atoms with van der Waals surface area (Å²) >= 11 is 1.49. The number of nitrogens with zero attached hydrogens (tertiary/aromatic N) is 4. The van der Waals surface area contributed by atoms with Gasteiger partial charge in [-0.05, 0) is 82.7 Å². The van der Waals surface area contributed by atoms with Crippen LogP contribution in [0.25, 0.3) is 10.2 Å². The standard InChI is InChI=1S/C26H34N4O4S2/c1-19-8-5-10-23-24(19)27-26(35-23)30(16-7-15-28(2)3)25(31)20-11-13-22(14-12-20)36(32,33)29(4)18-21-9-6-17-34-21/h5,8,10-14,21H,6-7,9,15-18H2,1-4H3. The molecule has 3 aromatic rings. The van der Waals surface area contributed by atoms with Crippen LogP contribution in [0.5, 0.6) is 0 Å². The Labute approximate surface area is 217 Å². The van der Waals surface area contributed by atoms with Crippen LogP contribution in [-0.2, 0) is 14.8 Å². The summed E-state index contributed by atoms with van der Waals surface area (Å²) in [5.74, 6) is -0.192. The monoisotopic (exact) mass is 530 g/mol. The zero-order chi connectivity index (χ0) is 25.9. The lowest BCUT2D eigenvalue weighted by Crippen LogP contribution is -2.34. The average molecular weight is 531 g/mol. The smallest absolute Gasteiger partial charge is 0.260 e. The van der Waals surface area contributed by atoms with Crippen molar-refractivity contribution in [3.8, 4) is 0 Å². The van der Waals surface area contributed by atoms with E-state index in [2.05, 4.69) is 4.90 Å². The van der Waals surface area contributed by atoms with Gasteiger partial charge < -0.3 is 9.64 Å². The SMILES string of the molecule is Cc1cccc2sc(N(CCCN(C)C)C(=O)c3ccc(S(=O)(=O)N(C)CC4CCCO4)cc3)nc12. The summed E-state index contributed by atoms with van der Waals surface area (Å²) in [5.41, 5.74) is 2.40. The van der Waals surface area contributed by atoms with E-state index in [1.165, 1.54) is 27.8 Å². The molecule has 4 rings (SSSR count). The maximum atomic E-state index is 13.6. The van der Waals surface area contributed by atoms with E-state index in [1.807, 2.05) is 39.2 Å². The highest BCUT2D eigenvalue weighted by molar-refractivity contribution is 7.89. The molecule has 1 amide bonds. The van der Waals surface area contributed by atoms with Crippen molar-refractivity contribution >= 4 is 42.6 Å². The highest BCUT2D eigenvalue weighted by atomic mass is 32.2. The summed E-state index contributed by atoms with van der Waals surface area (Å²) in [6.45, 7) is 4.36. The van der Waals surface area contributed by atoms with Crippen molar-refractivity contribution in [1.29, 1.82) is 0 Å². The van der Waals surface area contributed by atoms with Gasteiger partial charge in [-0.15, -0.1) is 0 Å². The predicted octanol–water partition coefficient (Wildman–Crippen LogP) is 4.00. The molecule has 1 aliphatic rings. The molecule has 1 saturated heterocycles. The minimum atomic E-state index is -3.67. The van der Waals surface area contributed by atoms with Crippen LogP contribution in [0.1, 0.15) is 35.2 Å². The number of hydrogen-bond donors (Lipinski definition) is 0. The van der Waals surface area contributed by atoms with Crippen LogP contribution >= 0.6 is 11.3 Å². The van der Waals surface area contributed by atoms with E-state index >= 15 is 0 Å². The fourth-order valence-electron chi connectivity index (χ4n) is 4.30. The van der Waals surface area contributed by atoms with E-state index in [4.69, 9.17) is 9.72 Å². The van der Waals surface area contributed by atoms with Crippen LogP contribution in [-0.4, -0.2) is 82.0 Å². The number of carbonyl (C=O) groups is 1. The van der Waals surface area contributed by atoms with Crippen LogP contribution in [0.2, 0.25) is 0 Å². The van der Waals surface area contributed by atoms with Crippen molar-refractivity contribution in [3.63, 3.8) is 0 Å². The molecule has 0 N–H and O–H groups in total. The molecule has 1 unspecified atom stereocenters. The highest BCUT2D eigenvalue weighted by Gasteiger charge is 2.27. The molecule has 8 nitrogen and oxygen atoms in total. The molecule has 10 heteroatoms. The fraction of sp³-hybridized carbons (Fsp3) is 0.462. The van der Waals surface area contributed by atoms with E-state index in [0.717, 1.165) is 41.6 Å². The Balaban J connectivity index is 1.56. The van der Waals surface area contributed by atoms with Gasteiger partial charge in [-0.25, -0.2) is 13.4 Å². The lowest BCUT2D eigenvalue weighted by Gasteiger charge is -2.22. The molecular formula is C26H34N4O4S2. The number of fused-ring (bicyclic) bond motifs is 1. The second-order valence-corrected chi connectivity index (χ2v) is 12.5. The third kappa shape index (κ3) is 5.95. The zero-order valence-electron chi connectivity index (χ0n) is 21.3. The first-order valence-corrected chi connectivity index (χ1v) is 14.4. The number of sulfonamides is 1. The number of thiazole rings is 1. The number of hydrogen-bond acceptors (Lipinski definition) is 7. The van der Waals surface area contributed by atoms with E-state index in [0.29, 0.717) is 30.4 Å². The number of rotatable bonds is 10. The number of ether oxygens (including phenoxy) is 1. The molecule has 1 aromatic heterocycles. The summed E-state index contributed by atoms with van der Waals surface area (Å²) in [7, 11) is 1.90. The van der Waals surface area contributed by atoms with Crippen LogP contribution in [0.4, 0.5) is 5.13 Å². The second-order valence-electron chi connectivity index (χ2n) is 9.48. The summed E-state index contributed by atoms with van der Waals surface area (Å²) in [4.78, 5) is 22.3. The van der Waals surface area contributed by atoms with Crippen LogP contribution in [0, 0.1) is 6.92 Å². The molecule has 2 heterocycles. The van der Waals surface area contributed by atoms with E-state index in [-0.39, 0.29) is 16.9 Å². The average Bonchev–Trinajstić information content (AvgIpc) is 3.52. The molecule has 0 radical (unpaired) electrons. The molecule has 0 saturated carbocycles. The number of para-hydroxylation sites is 1. The van der Waals surface area contributed by atoms with Crippen molar-refractivity contribution in [3.05, 3.63) is 53.6 Å². The van der Waals surface area contributed by atoms with Gasteiger partial charge in [0, 0.05) is 32.3 Å². The summed E-state index contributed by atoms with van der Waals surface area (Å²) in [6, 6.07) is 12.2. The Morgan fingerprint density at radius 2 is 1.86 bits per heavy atom. The molecule has 0 bridgehead atoms. The number of amides is 1. The third-order valence-electron chi connectivity index (χ3n) is 6.37. The predicted molar refractivity (Wildman–Crippen MR) is 144 cm³/mol. The third-order valence-corrected chi connectivity index (χ3v) is 9.25.